The second-order valence-electron chi connectivity index (χ2n) is 7.27. The Labute approximate surface area is 193 Å². The van der Waals surface area contributed by atoms with E-state index in [9.17, 15) is 9.90 Å². The van der Waals surface area contributed by atoms with Gasteiger partial charge >= 0.3 is 0 Å². The summed E-state index contributed by atoms with van der Waals surface area (Å²) in [7, 11) is 0. The average Bonchev–Trinajstić information content (AvgIpc) is 3.15. The summed E-state index contributed by atoms with van der Waals surface area (Å²) in [4.78, 5) is 16.2. The van der Waals surface area contributed by atoms with Gasteiger partial charge < -0.3 is 14.8 Å². The van der Waals surface area contributed by atoms with Crippen LogP contribution >= 0.6 is 22.9 Å². The largest absolute Gasteiger partial charge is 0.506 e. The van der Waals surface area contributed by atoms with Gasteiger partial charge in [0.05, 0.1) is 10.9 Å². The molecule has 0 atom stereocenters. The molecule has 6 heteroatoms. The molecule has 0 aliphatic rings. The van der Waals surface area contributed by atoms with Crippen molar-refractivity contribution in [2.75, 3.05) is 0 Å². The van der Waals surface area contributed by atoms with Crippen LogP contribution in [0.15, 0.2) is 89.7 Å². The van der Waals surface area contributed by atoms with E-state index in [0.717, 1.165) is 11.1 Å². The van der Waals surface area contributed by atoms with Gasteiger partial charge in [0.25, 0.3) is 5.56 Å². The summed E-state index contributed by atoms with van der Waals surface area (Å²) in [6.07, 6.45) is 0. The maximum absolute atomic E-state index is 12.8. The molecule has 0 aliphatic heterocycles. The molecule has 0 saturated carbocycles. The van der Waals surface area contributed by atoms with Gasteiger partial charge in [-0.2, -0.15) is 0 Å². The molecule has 158 valence electrons. The number of aromatic nitrogens is 1. The molecule has 0 spiro atoms. The second-order valence-corrected chi connectivity index (χ2v) is 8.89. The van der Waals surface area contributed by atoms with Gasteiger partial charge in [0.1, 0.15) is 27.3 Å². The molecular formula is C26H18ClNO3S. The minimum Gasteiger partial charge on any atom is -0.506 e. The molecule has 5 rings (SSSR count). The van der Waals surface area contributed by atoms with E-state index < -0.39 is 0 Å². The van der Waals surface area contributed by atoms with Crippen molar-refractivity contribution in [3.63, 3.8) is 0 Å². The van der Waals surface area contributed by atoms with Gasteiger partial charge in [-0.05, 0) is 17.2 Å². The van der Waals surface area contributed by atoms with Gasteiger partial charge in [-0.15, -0.1) is 11.3 Å². The standard InChI is InChI=1S/C26H18ClNO3S/c27-24-21(18-13-7-8-14-19(18)31-15-16-9-3-1-4-10-16)22-23(29)20(17-11-5-2-6-12-17)25(30)28-26(22)32-24/h1-14H,15H2,(H2,28,29,30). The SMILES string of the molecule is O=c1[nH]c2sc(Cl)c(-c3ccccc3OCc3ccccc3)c2c(O)c1-c1ccccc1. The number of aromatic hydroxyl groups is 1. The molecule has 2 aromatic heterocycles. The normalized spacial score (nSPS) is 11.0. The monoisotopic (exact) mass is 459 g/mol. The average molecular weight is 460 g/mol. The highest BCUT2D eigenvalue weighted by Gasteiger charge is 2.23. The van der Waals surface area contributed by atoms with Crippen molar-refractivity contribution in [2.24, 2.45) is 0 Å². The molecule has 2 N–H and O–H groups in total. The van der Waals surface area contributed by atoms with E-state index >= 15 is 0 Å². The lowest BCUT2D eigenvalue weighted by Gasteiger charge is -2.13. The Morgan fingerprint density at radius 2 is 1.53 bits per heavy atom. The van der Waals surface area contributed by atoms with Gasteiger partial charge in [-0.1, -0.05) is 90.5 Å². The number of fused-ring (bicyclic) bond motifs is 1. The minimum absolute atomic E-state index is 0.0917. The van der Waals surface area contributed by atoms with Crippen LogP contribution in [0.3, 0.4) is 0 Å². The van der Waals surface area contributed by atoms with Crippen molar-refractivity contribution in [3.05, 3.63) is 105 Å². The summed E-state index contributed by atoms with van der Waals surface area (Å²) in [5, 5.41) is 11.7. The Hall–Kier alpha value is -3.54. The lowest BCUT2D eigenvalue weighted by atomic mass is 10.00. The van der Waals surface area contributed by atoms with E-state index in [4.69, 9.17) is 16.3 Å². The Kier molecular flexibility index (Phi) is 5.43. The number of H-pyrrole nitrogens is 1. The molecule has 2 heterocycles. The van der Waals surface area contributed by atoms with E-state index in [2.05, 4.69) is 4.98 Å². The lowest BCUT2D eigenvalue weighted by Crippen LogP contribution is -2.08. The van der Waals surface area contributed by atoms with Gasteiger partial charge in [0, 0.05) is 11.1 Å². The fourth-order valence-electron chi connectivity index (χ4n) is 3.76. The minimum atomic E-state index is -0.362. The topological polar surface area (TPSA) is 62.3 Å². The van der Waals surface area contributed by atoms with E-state index in [1.807, 2.05) is 72.8 Å². The molecule has 4 nitrogen and oxygen atoms in total. The van der Waals surface area contributed by atoms with Gasteiger partial charge in [-0.25, -0.2) is 0 Å². The highest BCUT2D eigenvalue weighted by molar-refractivity contribution is 7.23. The van der Waals surface area contributed by atoms with E-state index in [-0.39, 0.29) is 16.9 Å². The number of thiophene rings is 1. The third-order valence-electron chi connectivity index (χ3n) is 5.25. The fourth-order valence-corrected chi connectivity index (χ4v) is 5.13. The zero-order chi connectivity index (χ0) is 22.1. The summed E-state index contributed by atoms with van der Waals surface area (Å²) in [5.41, 5.74) is 2.93. The number of ether oxygens (including phenoxy) is 1. The van der Waals surface area contributed by atoms with Crippen LogP contribution in [0, 0.1) is 0 Å². The first-order valence-corrected chi connectivity index (χ1v) is 11.2. The van der Waals surface area contributed by atoms with Gasteiger partial charge in [0.2, 0.25) is 0 Å². The van der Waals surface area contributed by atoms with Crippen molar-refractivity contribution >= 4 is 33.2 Å². The number of benzene rings is 3. The van der Waals surface area contributed by atoms with Crippen molar-refractivity contribution in [1.29, 1.82) is 0 Å². The van der Waals surface area contributed by atoms with E-state index in [1.165, 1.54) is 11.3 Å². The summed E-state index contributed by atoms with van der Waals surface area (Å²) in [6.45, 7) is 0.398. The predicted molar refractivity (Wildman–Crippen MR) is 131 cm³/mol. The Bertz CT molecular complexity index is 1460. The summed E-state index contributed by atoms with van der Waals surface area (Å²) in [5.74, 6) is 0.552. The first-order valence-electron chi connectivity index (χ1n) is 10.0. The Balaban J connectivity index is 1.67. The van der Waals surface area contributed by atoms with E-state index in [1.54, 1.807) is 12.1 Å². The molecule has 5 aromatic rings. The number of rotatable bonds is 5. The van der Waals surface area contributed by atoms with Crippen LogP contribution in [0.1, 0.15) is 5.56 Å². The number of pyridine rings is 1. The first kappa shape index (κ1) is 20.4. The summed E-state index contributed by atoms with van der Waals surface area (Å²) < 4.78 is 6.59. The van der Waals surface area contributed by atoms with Crippen molar-refractivity contribution < 1.29 is 9.84 Å². The van der Waals surface area contributed by atoms with Crippen molar-refractivity contribution in [1.82, 2.24) is 4.98 Å². The van der Waals surface area contributed by atoms with Crippen LogP contribution in [0.2, 0.25) is 4.34 Å². The number of aromatic amines is 1. The van der Waals surface area contributed by atoms with Crippen molar-refractivity contribution in [3.8, 4) is 33.8 Å². The number of hydrogen-bond donors (Lipinski definition) is 2. The molecule has 0 bridgehead atoms. The maximum Gasteiger partial charge on any atom is 0.260 e. The Morgan fingerprint density at radius 1 is 0.875 bits per heavy atom. The molecular weight excluding hydrogens is 442 g/mol. The molecule has 0 fully saturated rings. The summed E-state index contributed by atoms with van der Waals surface area (Å²) >= 11 is 7.87. The summed E-state index contributed by atoms with van der Waals surface area (Å²) in [6, 6.07) is 26.6. The quantitative estimate of drug-likeness (QED) is 0.301. The van der Waals surface area contributed by atoms with Crippen LogP contribution in [-0.4, -0.2) is 10.1 Å². The van der Waals surface area contributed by atoms with Crippen LogP contribution in [0.25, 0.3) is 32.5 Å². The predicted octanol–water partition coefficient (Wildman–Crippen LogP) is 6.86. The smallest absolute Gasteiger partial charge is 0.260 e. The molecule has 0 saturated heterocycles. The molecule has 0 radical (unpaired) electrons. The number of hydrogen-bond acceptors (Lipinski definition) is 4. The highest BCUT2D eigenvalue weighted by atomic mass is 35.5. The molecule has 0 aliphatic carbocycles. The van der Waals surface area contributed by atoms with Crippen LogP contribution in [0.4, 0.5) is 0 Å². The highest BCUT2D eigenvalue weighted by Crippen LogP contribution is 2.49. The second kappa shape index (κ2) is 8.54. The van der Waals surface area contributed by atoms with Crippen LogP contribution in [-0.2, 0) is 6.61 Å². The molecule has 0 amide bonds. The zero-order valence-electron chi connectivity index (χ0n) is 16.8. The van der Waals surface area contributed by atoms with Gasteiger partial charge in [-0.3, -0.25) is 4.79 Å². The van der Waals surface area contributed by atoms with Crippen molar-refractivity contribution in [2.45, 2.75) is 6.61 Å². The molecule has 0 unspecified atom stereocenters. The third-order valence-corrected chi connectivity index (χ3v) is 6.56. The number of nitrogens with one attached hydrogen (secondary N) is 1. The van der Waals surface area contributed by atoms with Crippen LogP contribution in [0.5, 0.6) is 11.5 Å². The number of para-hydroxylation sites is 1. The Morgan fingerprint density at radius 3 is 2.28 bits per heavy atom. The maximum atomic E-state index is 12.8. The number of halogens is 1. The van der Waals surface area contributed by atoms with Gasteiger partial charge in [0.15, 0.2) is 0 Å². The lowest BCUT2D eigenvalue weighted by molar-refractivity contribution is 0.307. The fraction of sp³-hybridized carbons (Fsp3) is 0.0385. The zero-order valence-corrected chi connectivity index (χ0v) is 18.4. The first-order chi connectivity index (χ1) is 15.6. The molecule has 32 heavy (non-hydrogen) atoms. The van der Waals surface area contributed by atoms with E-state index in [0.29, 0.717) is 38.0 Å². The molecule has 3 aromatic carbocycles. The van der Waals surface area contributed by atoms with Crippen LogP contribution < -0.4 is 10.3 Å². The third kappa shape index (κ3) is 3.66.